The number of hydrogen-bond acceptors (Lipinski definition) is 3. The molecule has 2 N–H and O–H groups in total. The molecule has 1 aromatic carbocycles. The van der Waals surface area contributed by atoms with Gasteiger partial charge in [-0.15, -0.1) is 0 Å². The van der Waals surface area contributed by atoms with E-state index in [1.165, 1.54) is 29.7 Å². The van der Waals surface area contributed by atoms with Gasteiger partial charge in [0, 0.05) is 25.4 Å². The Kier molecular flexibility index (Phi) is 3.04. The molecule has 2 aliphatic rings. The van der Waals surface area contributed by atoms with Gasteiger partial charge in [-0.25, -0.2) is 0 Å². The van der Waals surface area contributed by atoms with Crippen LogP contribution in [0.3, 0.4) is 0 Å². The number of rotatable bonds is 2. The maximum absolute atomic E-state index is 6.41. The highest BCUT2D eigenvalue weighted by Crippen LogP contribution is 2.30. The Morgan fingerprint density at radius 1 is 1.44 bits per heavy atom. The number of fused-ring (bicyclic) bond motifs is 1. The minimum absolute atomic E-state index is 0.153. The molecule has 1 aromatic rings. The maximum atomic E-state index is 6.41. The monoisotopic (exact) mass is 246 g/mol. The van der Waals surface area contributed by atoms with Crippen LogP contribution in [-0.2, 0) is 11.2 Å². The summed E-state index contributed by atoms with van der Waals surface area (Å²) in [4.78, 5) is 2.45. The summed E-state index contributed by atoms with van der Waals surface area (Å²) in [7, 11) is 0. The zero-order chi connectivity index (χ0) is 12.6. The summed E-state index contributed by atoms with van der Waals surface area (Å²) in [6, 6.07) is 6.77. The number of hydrogen-bond donors (Lipinski definition) is 1. The van der Waals surface area contributed by atoms with Gasteiger partial charge in [0.05, 0.1) is 12.1 Å². The molecular weight excluding hydrogens is 224 g/mol. The predicted molar refractivity (Wildman–Crippen MR) is 74.1 cm³/mol. The summed E-state index contributed by atoms with van der Waals surface area (Å²) < 4.78 is 5.46. The topological polar surface area (TPSA) is 38.5 Å². The van der Waals surface area contributed by atoms with Crippen LogP contribution in [0.1, 0.15) is 24.0 Å². The Hall–Kier alpha value is -1.06. The highest BCUT2D eigenvalue weighted by Gasteiger charge is 2.33. The van der Waals surface area contributed by atoms with Crippen LogP contribution in [0.15, 0.2) is 18.2 Å². The molecule has 0 aliphatic carbocycles. The Labute approximate surface area is 109 Å². The number of benzene rings is 1. The van der Waals surface area contributed by atoms with Crippen molar-refractivity contribution in [3.63, 3.8) is 0 Å². The second-order valence-electron chi connectivity index (χ2n) is 5.82. The number of anilines is 1. The molecule has 0 bridgehead atoms. The van der Waals surface area contributed by atoms with Crippen molar-refractivity contribution in [1.82, 2.24) is 0 Å². The van der Waals surface area contributed by atoms with Gasteiger partial charge < -0.3 is 15.4 Å². The van der Waals surface area contributed by atoms with E-state index in [1.54, 1.807) is 0 Å². The zero-order valence-corrected chi connectivity index (χ0v) is 11.1. The summed E-state index contributed by atoms with van der Waals surface area (Å²) in [6.45, 7) is 5.71. The van der Waals surface area contributed by atoms with Gasteiger partial charge in [0.2, 0.25) is 0 Å². The highest BCUT2D eigenvalue weighted by atomic mass is 16.5. The van der Waals surface area contributed by atoms with Crippen LogP contribution in [0.4, 0.5) is 5.69 Å². The first-order chi connectivity index (χ1) is 8.66. The van der Waals surface area contributed by atoms with Crippen LogP contribution in [0, 0.1) is 6.92 Å². The van der Waals surface area contributed by atoms with Crippen molar-refractivity contribution in [2.75, 3.05) is 31.2 Å². The molecule has 3 heteroatoms. The average molecular weight is 246 g/mol. The normalized spacial score (nSPS) is 27.3. The van der Waals surface area contributed by atoms with Crippen molar-refractivity contribution < 1.29 is 4.74 Å². The van der Waals surface area contributed by atoms with Crippen molar-refractivity contribution in [2.24, 2.45) is 5.73 Å². The smallest absolute Gasteiger partial charge is 0.0664 e. The van der Waals surface area contributed by atoms with Gasteiger partial charge in [0.15, 0.2) is 0 Å². The Balaban J connectivity index is 1.83. The molecule has 0 amide bonds. The Morgan fingerprint density at radius 2 is 2.33 bits per heavy atom. The quantitative estimate of drug-likeness (QED) is 0.865. The first-order valence-corrected chi connectivity index (χ1v) is 6.87. The third-order valence-electron chi connectivity index (χ3n) is 4.09. The van der Waals surface area contributed by atoms with Gasteiger partial charge in [-0.3, -0.25) is 0 Å². The van der Waals surface area contributed by atoms with Crippen LogP contribution in [0.25, 0.3) is 0 Å². The maximum Gasteiger partial charge on any atom is 0.0664 e. The highest BCUT2D eigenvalue weighted by molar-refractivity contribution is 5.57. The Morgan fingerprint density at radius 3 is 3.11 bits per heavy atom. The van der Waals surface area contributed by atoms with Gasteiger partial charge in [0.25, 0.3) is 0 Å². The molecule has 0 aromatic heterocycles. The number of ether oxygens (including phenoxy) is 1. The fourth-order valence-electron chi connectivity index (χ4n) is 3.10. The molecule has 3 nitrogen and oxygen atoms in total. The molecule has 1 unspecified atom stereocenters. The fraction of sp³-hybridized carbons (Fsp3) is 0.600. The van der Waals surface area contributed by atoms with E-state index >= 15 is 0 Å². The van der Waals surface area contributed by atoms with E-state index in [4.69, 9.17) is 10.5 Å². The van der Waals surface area contributed by atoms with Gasteiger partial charge in [-0.1, -0.05) is 17.7 Å². The Bertz CT molecular complexity index is 438. The SMILES string of the molecule is Cc1ccc2c(c1)CCCN2CC1(N)CCOC1. The molecular formula is C15H22N2O. The molecule has 2 aliphatic heterocycles. The van der Waals surface area contributed by atoms with Crippen LogP contribution in [-0.4, -0.2) is 31.8 Å². The van der Waals surface area contributed by atoms with Crippen molar-refractivity contribution in [1.29, 1.82) is 0 Å². The lowest BCUT2D eigenvalue weighted by Crippen LogP contribution is -2.52. The summed E-state index contributed by atoms with van der Waals surface area (Å²) in [6.07, 6.45) is 3.40. The lowest BCUT2D eigenvalue weighted by Gasteiger charge is -2.37. The van der Waals surface area contributed by atoms with E-state index in [1.807, 2.05) is 0 Å². The van der Waals surface area contributed by atoms with E-state index in [0.29, 0.717) is 6.61 Å². The summed E-state index contributed by atoms with van der Waals surface area (Å²) in [5.41, 5.74) is 10.5. The molecule has 2 heterocycles. The van der Waals surface area contributed by atoms with Crippen LogP contribution < -0.4 is 10.6 Å². The molecule has 3 rings (SSSR count). The number of nitrogens with zero attached hydrogens (tertiary/aromatic N) is 1. The third kappa shape index (κ3) is 2.25. The van der Waals surface area contributed by atoms with Gasteiger partial charge in [-0.05, 0) is 37.8 Å². The molecule has 0 spiro atoms. The largest absolute Gasteiger partial charge is 0.379 e. The minimum atomic E-state index is -0.153. The van der Waals surface area contributed by atoms with Crippen LogP contribution >= 0.6 is 0 Å². The fourth-order valence-corrected chi connectivity index (χ4v) is 3.10. The lowest BCUT2D eigenvalue weighted by atomic mass is 9.95. The molecule has 1 saturated heterocycles. The molecule has 1 fully saturated rings. The minimum Gasteiger partial charge on any atom is -0.379 e. The van der Waals surface area contributed by atoms with Crippen molar-refractivity contribution in [3.05, 3.63) is 29.3 Å². The lowest BCUT2D eigenvalue weighted by molar-refractivity contribution is 0.179. The first kappa shape index (κ1) is 12.0. The second kappa shape index (κ2) is 4.56. The standard InChI is InChI=1S/C15H22N2O/c1-12-4-5-14-13(9-12)3-2-7-17(14)10-15(16)6-8-18-11-15/h4-5,9H,2-3,6-8,10-11,16H2,1H3. The van der Waals surface area contributed by atoms with Gasteiger partial charge in [-0.2, -0.15) is 0 Å². The summed E-state index contributed by atoms with van der Waals surface area (Å²) in [5.74, 6) is 0. The first-order valence-electron chi connectivity index (χ1n) is 6.87. The molecule has 98 valence electrons. The van der Waals surface area contributed by atoms with E-state index < -0.39 is 0 Å². The van der Waals surface area contributed by atoms with Crippen molar-refractivity contribution in [2.45, 2.75) is 31.7 Å². The predicted octanol–water partition coefficient (Wildman–Crippen LogP) is 1.87. The van der Waals surface area contributed by atoms with E-state index in [9.17, 15) is 0 Å². The number of nitrogens with two attached hydrogens (primary N) is 1. The zero-order valence-electron chi connectivity index (χ0n) is 11.1. The number of aryl methyl sites for hydroxylation is 2. The third-order valence-corrected chi connectivity index (χ3v) is 4.09. The van der Waals surface area contributed by atoms with Crippen LogP contribution in [0.2, 0.25) is 0 Å². The van der Waals surface area contributed by atoms with E-state index in [-0.39, 0.29) is 5.54 Å². The van der Waals surface area contributed by atoms with E-state index in [0.717, 1.165) is 26.1 Å². The molecule has 1 atom stereocenters. The average Bonchev–Trinajstić information content (AvgIpc) is 2.76. The van der Waals surface area contributed by atoms with Crippen LogP contribution in [0.5, 0.6) is 0 Å². The van der Waals surface area contributed by atoms with Gasteiger partial charge >= 0.3 is 0 Å². The summed E-state index contributed by atoms with van der Waals surface area (Å²) in [5, 5.41) is 0. The second-order valence-corrected chi connectivity index (χ2v) is 5.82. The summed E-state index contributed by atoms with van der Waals surface area (Å²) >= 11 is 0. The van der Waals surface area contributed by atoms with E-state index in [2.05, 4.69) is 30.0 Å². The van der Waals surface area contributed by atoms with Crippen molar-refractivity contribution in [3.8, 4) is 0 Å². The molecule has 0 radical (unpaired) electrons. The molecule has 18 heavy (non-hydrogen) atoms. The van der Waals surface area contributed by atoms with Gasteiger partial charge in [0.1, 0.15) is 0 Å². The van der Waals surface area contributed by atoms with Crippen molar-refractivity contribution >= 4 is 5.69 Å². The molecule has 0 saturated carbocycles.